The van der Waals surface area contributed by atoms with Crippen molar-refractivity contribution in [1.82, 2.24) is 9.88 Å². The van der Waals surface area contributed by atoms with Crippen molar-refractivity contribution < 1.29 is 9.84 Å². The summed E-state index contributed by atoms with van der Waals surface area (Å²) in [4.78, 5) is 9.54. The molecule has 0 unspecified atom stereocenters. The molecule has 2 aliphatic heterocycles. The zero-order valence-corrected chi connectivity index (χ0v) is 19.6. The normalized spacial score (nSPS) is 16.2. The van der Waals surface area contributed by atoms with Crippen LogP contribution >= 0.6 is 11.3 Å². The number of aryl methyl sites for hydroxylation is 1. The Morgan fingerprint density at radius 2 is 1.97 bits per heavy atom. The highest BCUT2D eigenvalue weighted by atomic mass is 32.1. The van der Waals surface area contributed by atoms with Crippen LogP contribution in [0.5, 0.6) is 11.5 Å². The molecule has 3 aromatic carbocycles. The molecule has 0 atom stereocenters. The molecule has 1 aromatic heterocycles. The fourth-order valence-corrected chi connectivity index (χ4v) is 5.96. The van der Waals surface area contributed by atoms with Crippen LogP contribution in [0.1, 0.15) is 23.1 Å². The summed E-state index contributed by atoms with van der Waals surface area (Å²) in [6, 6.07) is 19.0. The highest BCUT2D eigenvalue weighted by Crippen LogP contribution is 2.40. The number of phenolic OH excluding ortho intramolecular Hbond substituents is 1. The number of fused-ring (bicyclic) bond motifs is 3. The van der Waals surface area contributed by atoms with Gasteiger partial charge >= 0.3 is 0 Å². The van der Waals surface area contributed by atoms with Crippen LogP contribution in [0.2, 0.25) is 0 Å². The van der Waals surface area contributed by atoms with Gasteiger partial charge in [0.05, 0.1) is 10.2 Å². The Kier molecular flexibility index (Phi) is 5.19. The molecule has 1 N–H and O–H groups in total. The largest absolute Gasteiger partial charge is 0.504 e. The average molecular weight is 458 g/mol. The van der Waals surface area contributed by atoms with Gasteiger partial charge in [-0.25, -0.2) is 4.98 Å². The highest BCUT2D eigenvalue weighted by molar-refractivity contribution is 7.21. The topological polar surface area (TPSA) is 48.8 Å². The second-order valence-corrected chi connectivity index (χ2v) is 10.0. The van der Waals surface area contributed by atoms with E-state index < -0.39 is 0 Å². The number of hydrogen-bond donors (Lipinski definition) is 1. The standard InChI is InChI=1S/C27H27N3O2S/c1-29-10-4-5-19-13-18(8-9-23(19)29)16-30-11-12-32-26-21(17-30)14-20(15-24(26)31)27-28-22-6-2-3-7-25(22)33-27/h2-3,6-9,13-15,31H,4-5,10-12,16-17H2,1H3. The van der Waals surface area contributed by atoms with E-state index in [4.69, 9.17) is 9.72 Å². The summed E-state index contributed by atoms with van der Waals surface area (Å²) in [5, 5.41) is 11.7. The summed E-state index contributed by atoms with van der Waals surface area (Å²) >= 11 is 1.65. The number of nitrogens with zero attached hydrogens (tertiary/aromatic N) is 3. The number of anilines is 1. The molecule has 168 valence electrons. The molecule has 0 saturated heterocycles. The molecule has 0 saturated carbocycles. The molecule has 4 aromatic rings. The number of benzene rings is 3. The van der Waals surface area contributed by atoms with Gasteiger partial charge in [-0.2, -0.15) is 0 Å². The lowest BCUT2D eigenvalue weighted by Gasteiger charge is -2.28. The number of hydrogen-bond acceptors (Lipinski definition) is 6. The maximum Gasteiger partial charge on any atom is 0.165 e. The summed E-state index contributed by atoms with van der Waals surface area (Å²) in [6.45, 7) is 4.12. The fourth-order valence-electron chi connectivity index (χ4n) is 5.00. The number of phenols is 1. The Bertz CT molecular complexity index is 1300. The average Bonchev–Trinajstić information content (AvgIpc) is 3.14. The number of rotatable bonds is 3. The van der Waals surface area contributed by atoms with Crippen LogP contribution in [0.4, 0.5) is 5.69 Å². The van der Waals surface area contributed by atoms with Crippen molar-refractivity contribution in [3.8, 4) is 22.1 Å². The van der Waals surface area contributed by atoms with Crippen molar-refractivity contribution in [2.75, 3.05) is 31.6 Å². The molecule has 0 aliphatic carbocycles. The fraction of sp³-hybridized carbons (Fsp3) is 0.296. The molecule has 0 fully saturated rings. The third-order valence-electron chi connectivity index (χ3n) is 6.64. The van der Waals surface area contributed by atoms with Crippen LogP contribution in [-0.2, 0) is 19.5 Å². The minimum absolute atomic E-state index is 0.195. The van der Waals surface area contributed by atoms with Gasteiger partial charge in [-0.3, -0.25) is 4.90 Å². The van der Waals surface area contributed by atoms with Gasteiger partial charge in [0.2, 0.25) is 0 Å². The van der Waals surface area contributed by atoms with Crippen LogP contribution in [0.25, 0.3) is 20.8 Å². The van der Waals surface area contributed by atoms with Gasteiger partial charge in [0.1, 0.15) is 11.6 Å². The Morgan fingerprint density at radius 1 is 1.06 bits per heavy atom. The van der Waals surface area contributed by atoms with Crippen molar-refractivity contribution in [1.29, 1.82) is 0 Å². The molecule has 6 heteroatoms. The van der Waals surface area contributed by atoms with Gasteiger partial charge < -0.3 is 14.7 Å². The molecule has 0 bridgehead atoms. The molecule has 6 rings (SSSR count). The van der Waals surface area contributed by atoms with Crippen molar-refractivity contribution in [3.63, 3.8) is 0 Å². The van der Waals surface area contributed by atoms with Gasteiger partial charge in [-0.1, -0.05) is 24.3 Å². The summed E-state index contributed by atoms with van der Waals surface area (Å²) in [6.07, 6.45) is 2.37. The second-order valence-electron chi connectivity index (χ2n) is 9.02. The van der Waals surface area contributed by atoms with Gasteiger partial charge in [0.15, 0.2) is 11.5 Å². The molecule has 0 radical (unpaired) electrons. The summed E-state index contributed by atoms with van der Waals surface area (Å²) in [5.74, 6) is 0.801. The van der Waals surface area contributed by atoms with E-state index >= 15 is 0 Å². The van der Waals surface area contributed by atoms with E-state index in [1.165, 1.54) is 23.2 Å². The van der Waals surface area contributed by atoms with Crippen molar-refractivity contribution in [2.45, 2.75) is 25.9 Å². The third kappa shape index (κ3) is 3.94. The highest BCUT2D eigenvalue weighted by Gasteiger charge is 2.22. The molecule has 33 heavy (non-hydrogen) atoms. The zero-order chi connectivity index (χ0) is 22.4. The maximum atomic E-state index is 10.8. The van der Waals surface area contributed by atoms with E-state index in [-0.39, 0.29) is 5.75 Å². The monoisotopic (exact) mass is 457 g/mol. The van der Waals surface area contributed by atoms with E-state index in [0.717, 1.165) is 59.0 Å². The lowest BCUT2D eigenvalue weighted by molar-refractivity contribution is 0.217. The van der Waals surface area contributed by atoms with E-state index in [9.17, 15) is 5.11 Å². The third-order valence-corrected chi connectivity index (χ3v) is 7.72. The van der Waals surface area contributed by atoms with Crippen LogP contribution in [0.15, 0.2) is 54.6 Å². The smallest absolute Gasteiger partial charge is 0.165 e. The van der Waals surface area contributed by atoms with Crippen molar-refractivity contribution in [3.05, 3.63) is 71.3 Å². The van der Waals surface area contributed by atoms with Crippen LogP contribution in [0, 0.1) is 0 Å². The lowest BCUT2D eigenvalue weighted by atomic mass is 9.99. The molecule has 2 aliphatic rings. The Hall–Kier alpha value is -3.09. The Labute approximate surface area is 197 Å². The summed E-state index contributed by atoms with van der Waals surface area (Å²) < 4.78 is 7.14. The van der Waals surface area contributed by atoms with Crippen LogP contribution in [0.3, 0.4) is 0 Å². The Balaban J connectivity index is 1.28. The molecule has 0 spiro atoms. The number of para-hydroxylation sites is 1. The number of thiazole rings is 1. The maximum absolute atomic E-state index is 10.8. The van der Waals surface area contributed by atoms with Crippen molar-refractivity contribution in [2.24, 2.45) is 0 Å². The first kappa shape index (κ1) is 20.5. The number of aromatic nitrogens is 1. The summed E-state index contributed by atoms with van der Waals surface area (Å²) in [7, 11) is 2.18. The molecular weight excluding hydrogens is 430 g/mol. The predicted octanol–water partition coefficient (Wildman–Crippen LogP) is 5.45. The Morgan fingerprint density at radius 3 is 2.88 bits per heavy atom. The minimum Gasteiger partial charge on any atom is -0.504 e. The molecule has 3 heterocycles. The van der Waals surface area contributed by atoms with Gasteiger partial charge in [-0.15, -0.1) is 11.3 Å². The quantitative estimate of drug-likeness (QED) is 0.444. The first-order valence-corrected chi connectivity index (χ1v) is 12.4. The number of aromatic hydroxyl groups is 1. The first-order valence-electron chi connectivity index (χ1n) is 11.5. The predicted molar refractivity (Wildman–Crippen MR) is 134 cm³/mol. The number of ether oxygens (including phenoxy) is 1. The SMILES string of the molecule is CN1CCCc2cc(CN3CCOc4c(O)cc(-c5nc6ccccc6s5)cc4C3)ccc21. The van der Waals surface area contributed by atoms with E-state index in [1.54, 1.807) is 17.4 Å². The van der Waals surface area contributed by atoms with Gasteiger partial charge in [0, 0.05) is 50.0 Å². The molecular formula is C27H27N3O2S. The van der Waals surface area contributed by atoms with E-state index in [1.807, 2.05) is 18.2 Å². The summed E-state index contributed by atoms with van der Waals surface area (Å²) in [5.41, 5.74) is 7.08. The molecule has 0 amide bonds. The van der Waals surface area contributed by atoms with Gasteiger partial charge in [0.25, 0.3) is 0 Å². The van der Waals surface area contributed by atoms with Crippen LogP contribution in [-0.4, -0.2) is 41.7 Å². The minimum atomic E-state index is 0.195. The van der Waals surface area contributed by atoms with E-state index in [2.05, 4.69) is 47.2 Å². The van der Waals surface area contributed by atoms with E-state index in [0.29, 0.717) is 12.4 Å². The zero-order valence-electron chi connectivity index (χ0n) is 18.8. The first-order chi connectivity index (χ1) is 16.1. The van der Waals surface area contributed by atoms with Gasteiger partial charge in [-0.05, 0) is 54.3 Å². The second kappa shape index (κ2) is 8.36. The lowest BCUT2D eigenvalue weighted by Crippen LogP contribution is -2.26. The van der Waals surface area contributed by atoms with Crippen molar-refractivity contribution >= 4 is 27.2 Å². The molecule has 5 nitrogen and oxygen atoms in total. The van der Waals surface area contributed by atoms with Crippen LogP contribution < -0.4 is 9.64 Å².